The molecule has 1 saturated carbocycles. The lowest BCUT2D eigenvalue weighted by Crippen LogP contribution is -2.70. The fourth-order valence-corrected chi connectivity index (χ4v) is 8.99. The second-order valence-corrected chi connectivity index (χ2v) is 16.0. The van der Waals surface area contributed by atoms with E-state index in [0.29, 0.717) is 97.5 Å². The number of anilines is 3. The average Bonchev–Trinajstić information content (AvgIpc) is 3.99. The number of nitrogen functional groups attached to an aromatic ring is 1. The van der Waals surface area contributed by atoms with Gasteiger partial charge in [-0.2, -0.15) is 18.2 Å². The van der Waals surface area contributed by atoms with Gasteiger partial charge in [0.2, 0.25) is 11.9 Å². The first-order valence-electron chi connectivity index (χ1n) is 19.1. The van der Waals surface area contributed by atoms with E-state index in [9.17, 15) is 18.0 Å². The third kappa shape index (κ3) is 7.10. The number of aromatic nitrogens is 2. The summed E-state index contributed by atoms with van der Waals surface area (Å²) in [5.41, 5.74) is 9.77. The van der Waals surface area contributed by atoms with E-state index in [0.717, 1.165) is 62.7 Å². The summed E-state index contributed by atoms with van der Waals surface area (Å²) in [6, 6.07) is 5.59. The number of hydrogen-bond acceptors (Lipinski definition) is 11. The number of carbonyl (C=O) groups is 1. The van der Waals surface area contributed by atoms with Crippen molar-refractivity contribution in [1.82, 2.24) is 19.8 Å². The number of piperidine rings is 1. The van der Waals surface area contributed by atoms with E-state index in [2.05, 4.69) is 16.4 Å². The van der Waals surface area contributed by atoms with Gasteiger partial charge in [0.05, 0.1) is 26.3 Å². The van der Waals surface area contributed by atoms with E-state index >= 15 is 0 Å². The normalized spacial score (nSPS) is 20.8. The van der Waals surface area contributed by atoms with E-state index in [1.165, 1.54) is 6.08 Å². The Kier molecular flexibility index (Phi) is 9.69. The number of methoxy groups -OCH3 is 1. The number of ether oxygens (including phenoxy) is 3. The van der Waals surface area contributed by atoms with Crippen molar-refractivity contribution in [2.24, 2.45) is 5.41 Å². The molecule has 0 atom stereocenters. The van der Waals surface area contributed by atoms with Gasteiger partial charge in [0.1, 0.15) is 16.9 Å². The van der Waals surface area contributed by atoms with Crippen LogP contribution in [0.2, 0.25) is 0 Å². The Balaban J connectivity index is 1.26. The van der Waals surface area contributed by atoms with E-state index in [1.54, 1.807) is 13.2 Å². The van der Waals surface area contributed by atoms with Crippen molar-refractivity contribution in [3.8, 4) is 16.9 Å². The molecule has 1 aromatic heterocycles. The predicted octanol–water partition coefficient (Wildman–Crippen LogP) is 5.16. The smallest absolute Gasteiger partial charge is 0.422 e. The minimum Gasteiger partial charge on any atom is -0.481 e. The first-order chi connectivity index (χ1) is 26.4. The molecule has 1 amide bonds. The number of nitrogens with zero attached hydrogens (tertiary/aromatic N) is 6. The summed E-state index contributed by atoms with van der Waals surface area (Å²) in [4.78, 5) is 31.0. The largest absolute Gasteiger partial charge is 0.481 e. The van der Waals surface area contributed by atoms with Crippen molar-refractivity contribution < 1.29 is 32.2 Å². The van der Waals surface area contributed by atoms with E-state index in [1.807, 2.05) is 28.9 Å². The standard InChI is InChI=1S/C40H49F3N8O4/c1-4-31(52)50-19-38(20-50)9-11-49(12-10-38)36-28-17-27(26-6-7-26)33(32-25(2)5-8-30(45)29(32)18-44)35(54-24-40(41,42)43)34(28)46-37(47-36)51-22-39(23-51)21-48(13-15-53-3)14-16-55-39/h4-5,8,17-18,26,44H,1,6-7,9-16,19-24,45H2,2-3H3. The lowest BCUT2D eigenvalue weighted by atomic mass is 9.72. The Morgan fingerprint density at radius 1 is 1.09 bits per heavy atom. The van der Waals surface area contributed by atoms with Crippen LogP contribution in [0, 0.1) is 17.7 Å². The topological polar surface area (TPSA) is 133 Å². The molecule has 0 radical (unpaired) electrons. The van der Waals surface area contributed by atoms with Gasteiger partial charge in [-0.05, 0) is 73.4 Å². The Labute approximate surface area is 318 Å². The summed E-state index contributed by atoms with van der Waals surface area (Å²) in [5, 5.41) is 8.95. The molecule has 0 unspecified atom stereocenters. The van der Waals surface area contributed by atoms with Crippen LogP contribution in [0.15, 0.2) is 30.9 Å². The fourth-order valence-electron chi connectivity index (χ4n) is 8.99. The number of rotatable bonds is 11. The molecular formula is C40H49F3N8O4. The number of alkyl halides is 3. The summed E-state index contributed by atoms with van der Waals surface area (Å²) in [7, 11) is 1.69. The van der Waals surface area contributed by atoms with Crippen LogP contribution >= 0.6 is 0 Å². The second kappa shape index (κ2) is 14.2. The van der Waals surface area contributed by atoms with Crippen molar-refractivity contribution in [2.75, 3.05) is 101 Å². The molecule has 0 bridgehead atoms. The van der Waals surface area contributed by atoms with Crippen molar-refractivity contribution >= 4 is 40.5 Å². The zero-order valence-corrected chi connectivity index (χ0v) is 31.5. The van der Waals surface area contributed by atoms with Crippen LogP contribution in [0.5, 0.6) is 5.75 Å². The zero-order valence-electron chi connectivity index (χ0n) is 31.5. The zero-order chi connectivity index (χ0) is 38.7. The fraction of sp³-hybridized carbons (Fsp3) is 0.550. The molecule has 55 heavy (non-hydrogen) atoms. The maximum Gasteiger partial charge on any atom is 0.422 e. The molecule has 5 heterocycles. The van der Waals surface area contributed by atoms with Crippen LogP contribution in [0.1, 0.15) is 48.3 Å². The van der Waals surface area contributed by atoms with E-state index < -0.39 is 18.4 Å². The number of likely N-dealkylation sites (tertiary alicyclic amines) is 1. The lowest BCUT2D eigenvalue weighted by molar-refractivity contribution is -0.153. The number of aryl methyl sites for hydroxylation is 1. The molecule has 1 aliphatic carbocycles. The number of carbonyl (C=O) groups excluding carboxylic acids is 1. The molecule has 2 aromatic carbocycles. The van der Waals surface area contributed by atoms with Gasteiger partial charge < -0.3 is 40.1 Å². The summed E-state index contributed by atoms with van der Waals surface area (Å²) in [6.45, 7) is 11.3. The molecule has 8 rings (SSSR count). The highest BCUT2D eigenvalue weighted by atomic mass is 19.4. The molecule has 4 saturated heterocycles. The van der Waals surface area contributed by atoms with Gasteiger partial charge in [-0.25, -0.2) is 4.98 Å². The van der Waals surface area contributed by atoms with Crippen LogP contribution in [0.3, 0.4) is 0 Å². The molecule has 5 fully saturated rings. The van der Waals surface area contributed by atoms with Crippen molar-refractivity contribution in [2.45, 2.75) is 50.3 Å². The van der Waals surface area contributed by atoms with Gasteiger partial charge in [0.15, 0.2) is 12.4 Å². The van der Waals surface area contributed by atoms with Crippen molar-refractivity contribution in [1.29, 1.82) is 5.41 Å². The van der Waals surface area contributed by atoms with Crippen molar-refractivity contribution in [3.05, 3.63) is 47.5 Å². The Morgan fingerprint density at radius 2 is 1.84 bits per heavy atom. The van der Waals surface area contributed by atoms with E-state index in [4.69, 9.17) is 35.3 Å². The van der Waals surface area contributed by atoms with Crippen LogP contribution in [0.25, 0.3) is 22.0 Å². The number of amides is 1. The van der Waals surface area contributed by atoms with Crippen LogP contribution in [-0.4, -0.2) is 130 Å². The third-order valence-corrected chi connectivity index (χ3v) is 12.1. The first kappa shape index (κ1) is 37.5. The van der Waals surface area contributed by atoms with Crippen LogP contribution < -0.4 is 20.3 Å². The maximum atomic E-state index is 14.1. The summed E-state index contributed by atoms with van der Waals surface area (Å²) < 4.78 is 59.9. The highest BCUT2D eigenvalue weighted by molar-refractivity contribution is 6.05. The molecule has 294 valence electrons. The number of fused-ring (bicyclic) bond motifs is 1. The van der Waals surface area contributed by atoms with Crippen LogP contribution in [-0.2, 0) is 14.3 Å². The Morgan fingerprint density at radius 3 is 2.49 bits per heavy atom. The molecule has 3 aromatic rings. The lowest BCUT2D eigenvalue weighted by Gasteiger charge is -2.54. The molecular weight excluding hydrogens is 713 g/mol. The molecule has 15 heteroatoms. The third-order valence-electron chi connectivity index (χ3n) is 12.1. The second-order valence-electron chi connectivity index (χ2n) is 16.0. The highest BCUT2D eigenvalue weighted by Crippen LogP contribution is 2.53. The summed E-state index contributed by atoms with van der Waals surface area (Å²) >= 11 is 0. The number of benzene rings is 2. The number of nitrogens with one attached hydrogen (secondary N) is 1. The minimum absolute atomic E-state index is 0.0128. The maximum absolute atomic E-state index is 14.1. The minimum atomic E-state index is -4.62. The number of halogens is 3. The molecule has 4 aliphatic heterocycles. The molecule has 2 spiro atoms. The number of nitrogens with two attached hydrogens (primary N) is 1. The van der Waals surface area contributed by atoms with Gasteiger partial charge in [0, 0.05) is 86.8 Å². The molecule has 3 N–H and O–H groups in total. The van der Waals surface area contributed by atoms with Gasteiger partial charge in [-0.15, -0.1) is 0 Å². The molecule has 5 aliphatic rings. The van der Waals surface area contributed by atoms with Crippen molar-refractivity contribution in [3.63, 3.8) is 0 Å². The quantitative estimate of drug-likeness (QED) is 0.154. The van der Waals surface area contributed by atoms with Gasteiger partial charge in [0.25, 0.3) is 0 Å². The first-order valence-corrected chi connectivity index (χ1v) is 19.1. The van der Waals surface area contributed by atoms with E-state index in [-0.39, 0.29) is 23.0 Å². The monoisotopic (exact) mass is 762 g/mol. The Bertz CT molecular complexity index is 2000. The van der Waals surface area contributed by atoms with Gasteiger partial charge in [-0.3, -0.25) is 9.69 Å². The Hall–Kier alpha value is -4.47. The number of hydrogen-bond donors (Lipinski definition) is 2. The summed E-state index contributed by atoms with van der Waals surface area (Å²) in [6.07, 6.45) is 1.32. The van der Waals surface area contributed by atoms with Gasteiger partial charge in [-0.1, -0.05) is 12.6 Å². The molecule has 12 nitrogen and oxygen atoms in total. The summed E-state index contributed by atoms with van der Waals surface area (Å²) in [5.74, 6) is 1.11. The van der Waals surface area contributed by atoms with Gasteiger partial charge >= 0.3 is 6.18 Å². The average molecular weight is 763 g/mol. The predicted molar refractivity (Wildman–Crippen MR) is 205 cm³/mol. The number of morpholine rings is 1. The van der Waals surface area contributed by atoms with Crippen LogP contribution in [0.4, 0.5) is 30.6 Å². The SMILES string of the molecule is C=CC(=O)N1CC2(CCN(c3nc(N4CC5(CN(CCOC)CCO5)C4)nc4c(OCC(F)(F)F)c(-c5c(C)ccc(N)c5C=N)c(C5CC5)cc34)CC2)C1. The highest BCUT2D eigenvalue weighted by Gasteiger charge is 2.50.